The molecule has 1 rings (SSSR count). The van der Waals surface area contributed by atoms with Gasteiger partial charge in [0.2, 0.25) is 0 Å². The lowest BCUT2D eigenvalue weighted by Gasteiger charge is -2.20. The minimum absolute atomic E-state index is 0.0895. The highest BCUT2D eigenvalue weighted by Crippen LogP contribution is 2.32. The van der Waals surface area contributed by atoms with E-state index in [0.717, 1.165) is 17.0 Å². The number of hydrogen-bond acceptors (Lipinski definition) is 2. The first-order chi connectivity index (χ1) is 9.66. The van der Waals surface area contributed by atoms with Crippen LogP contribution in [0.15, 0.2) is 35.3 Å². The Labute approximate surface area is 127 Å². The maximum absolute atomic E-state index is 12.7. The summed E-state index contributed by atoms with van der Waals surface area (Å²) < 4.78 is 38.2. The van der Waals surface area contributed by atoms with Crippen molar-refractivity contribution in [1.82, 2.24) is 4.90 Å². The fourth-order valence-corrected chi connectivity index (χ4v) is 1.99. The molecule has 0 aliphatic carbocycles. The van der Waals surface area contributed by atoms with Gasteiger partial charge in [-0.3, -0.25) is 9.59 Å². The van der Waals surface area contributed by atoms with Crippen LogP contribution in [0, 0.1) is 0 Å². The number of carboxylic acid groups (broad SMARTS) is 1. The molecular weight excluding hydrogens is 355 g/mol. The van der Waals surface area contributed by atoms with E-state index in [1.807, 2.05) is 0 Å². The van der Waals surface area contributed by atoms with Crippen LogP contribution in [0.25, 0.3) is 0 Å². The number of alkyl halides is 3. The number of amides is 1. The topological polar surface area (TPSA) is 57.6 Å². The quantitative estimate of drug-likeness (QED) is 0.815. The van der Waals surface area contributed by atoms with E-state index in [0.29, 0.717) is 6.07 Å². The van der Waals surface area contributed by atoms with Crippen LogP contribution < -0.4 is 0 Å². The Morgan fingerprint density at radius 3 is 2.48 bits per heavy atom. The Kier molecular flexibility index (Phi) is 5.54. The summed E-state index contributed by atoms with van der Waals surface area (Å²) in [6, 6.07) is 2.61. The molecule has 0 atom stereocenters. The number of halogens is 4. The van der Waals surface area contributed by atoms with Crippen molar-refractivity contribution in [1.29, 1.82) is 0 Å². The molecule has 1 aromatic rings. The van der Waals surface area contributed by atoms with Gasteiger partial charge in [-0.05, 0) is 34.1 Å². The number of carbonyl (C=O) groups excluding carboxylic acids is 1. The summed E-state index contributed by atoms with van der Waals surface area (Å²) >= 11 is 3.00. The molecule has 0 unspecified atom stereocenters. The van der Waals surface area contributed by atoms with Crippen LogP contribution in [-0.4, -0.2) is 35.0 Å². The van der Waals surface area contributed by atoms with Crippen LogP contribution >= 0.6 is 15.9 Å². The van der Waals surface area contributed by atoms with Crippen molar-refractivity contribution in [3.8, 4) is 0 Å². The number of carbonyl (C=O) groups is 2. The molecule has 0 spiro atoms. The highest BCUT2D eigenvalue weighted by atomic mass is 79.9. The second-order valence-electron chi connectivity index (χ2n) is 4.06. The largest absolute Gasteiger partial charge is 0.480 e. The van der Waals surface area contributed by atoms with Crippen molar-refractivity contribution >= 4 is 27.8 Å². The highest BCUT2D eigenvalue weighted by Gasteiger charge is 2.32. The summed E-state index contributed by atoms with van der Waals surface area (Å²) in [7, 11) is 0. The smallest absolute Gasteiger partial charge is 0.416 e. The Hall–Kier alpha value is -1.83. The highest BCUT2D eigenvalue weighted by molar-refractivity contribution is 9.10. The third-order valence-electron chi connectivity index (χ3n) is 2.49. The maximum Gasteiger partial charge on any atom is 0.416 e. The summed E-state index contributed by atoms with van der Waals surface area (Å²) in [5, 5.41) is 8.74. The van der Waals surface area contributed by atoms with Gasteiger partial charge in [-0.15, -0.1) is 6.58 Å². The molecule has 0 aliphatic heterocycles. The number of rotatable bonds is 5. The molecule has 1 aromatic carbocycles. The SMILES string of the molecule is C=CCN(CC(=O)O)C(=O)c1cc(C(F)(F)F)ccc1Br. The van der Waals surface area contributed by atoms with E-state index in [1.165, 1.54) is 6.08 Å². The lowest BCUT2D eigenvalue weighted by atomic mass is 10.1. The summed E-state index contributed by atoms with van der Waals surface area (Å²) in [4.78, 5) is 23.8. The summed E-state index contributed by atoms with van der Waals surface area (Å²) in [6.45, 7) is 2.66. The van der Waals surface area contributed by atoms with Gasteiger partial charge in [-0.1, -0.05) is 6.08 Å². The first kappa shape index (κ1) is 17.2. The van der Waals surface area contributed by atoms with Gasteiger partial charge in [-0.25, -0.2) is 0 Å². The van der Waals surface area contributed by atoms with Gasteiger partial charge in [0.15, 0.2) is 0 Å². The van der Waals surface area contributed by atoms with Crippen LogP contribution in [0.3, 0.4) is 0 Å². The number of nitrogens with zero attached hydrogens (tertiary/aromatic N) is 1. The van der Waals surface area contributed by atoms with E-state index in [1.54, 1.807) is 0 Å². The van der Waals surface area contributed by atoms with Crippen molar-refractivity contribution in [2.45, 2.75) is 6.18 Å². The molecule has 0 saturated carbocycles. The zero-order valence-electron chi connectivity index (χ0n) is 10.7. The predicted octanol–water partition coefficient (Wildman–Crippen LogP) is 3.18. The fourth-order valence-electron chi connectivity index (χ4n) is 1.57. The average molecular weight is 366 g/mol. The van der Waals surface area contributed by atoms with Gasteiger partial charge in [0.1, 0.15) is 6.54 Å². The van der Waals surface area contributed by atoms with Crippen LogP contribution in [0.5, 0.6) is 0 Å². The molecule has 0 saturated heterocycles. The second-order valence-corrected chi connectivity index (χ2v) is 4.91. The first-order valence-corrected chi connectivity index (χ1v) is 6.44. The van der Waals surface area contributed by atoms with Crippen molar-refractivity contribution in [2.24, 2.45) is 0 Å². The van der Waals surface area contributed by atoms with Crippen molar-refractivity contribution in [3.63, 3.8) is 0 Å². The molecule has 0 bridgehead atoms. The summed E-state index contributed by atoms with van der Waals surface area (Å²) in [6.07, 6.45) is -3.30. The molecule has 8 heteroatoms. The Bertz CT molecular complexity index is 572. The molecule has 0 fully saturated rings. The lowest BCUT2D eigenvalue weighted by molar-refractivity contribution is -0.138. The molecule has 1 N–H and O–H groups in total. The zero-order chi connectivity index (χ0) is 16.2. The number of benzene rings is 1. The average Bonchev–Trinajstić information content (AvgIpc) is 2.36. The molecule has 0 heterocycles. The molecular formula is C13H11BrF3NO3. The zero-order valence-corrected chi connectivity index (χ0v) is 12.2. The molecule has 1 amide bonds. The number of aliphatic carboxylic acids is 1. The first-order valence-electron chi connectivity index (χ1n) is 5.65. The standard InChI is InChI=1S/C13H11BrF3NO3/c1-2-5-18(7-11(19)20)12(21)9-6-8(13(15,16)17)3-4-10(9)14/h2-4,6H,1,5,7H2,(H,19,20). The molecule has 114 valence electrons. The van der Waals surface area contributed by atoms with Crippen LogP contribution in [0.2, 0.25) is 0 Å². The van der Waals surface area contributed by atoms with Gasteiger partial charge < -0.3 is 10.0 Å². The molecule has 21 heavy (non-hydrogen) atoms. The fraction of sp³-hybridized carbons (Fsp3) is 0.231. The monoisotopic (exact) mass is 365 g/mol. The van der Waals surface area contributed by atoms with Gasteiger partial charge in [0, 0.05) is 11.0 Å². The van der Waals surface area contributed by atoms with Crippen molar-refractivity contribution < 1.29 is 27.9 Å². The normalized spacial score (nSPS) is 11.0. The minimum Gasteiger partial charge on any atom is -0.480 e. The van der Waals surface area contributed by atoms with E-state index >= 15 is 0 Å². The van der Waals surface area contributed by atoms with E-state index in [2.05, 4.69) is 22.5 Å². The Morgan fingerprint density at radius 2 is 2.00 bits per heavy atom. The van der Waals surface area contributed by atoms with E-state index in [9.17, 15) is 22.8 Å². The van der Waals surface area contributed by atoms with E-state index in [4.69, 9.17) is 5.11 Å². The third-order valence-corrected chi connectivity index (χ3v) is 3.18. The number of carboxylic acids is 1. The minimum atomic E-state index is -4.59. The van der Waals surface area contributed by atoms with Gasteiger partial charge in [-0.2, -0.15) is 13.2 Å². The molecule has 4 nitrogen and oxygen atoms in total. The van der Waals surface area contributed by atoms with Gasteiger partial charge in [0.05, 0.1) is 11.1 Å². The lowest BCUT2D eigenvalue weighted by Crippen LogP contribution is -2.36. The third kappa shape index (κ3) is 4.59. The van der Waals surface area contributed by atoms with E-state index in [-0.39, 0.29) is 16.6 Å². The maximum atomic E-state index is 12.7. The molecule has 0 aliphatic rings. The van der Waals surface area contributed by atoms with Crippen molar-refractivity contribution in [2.75, 3.05) is 13.1 Å². The van der Waals surface area contributed by atoms with Crippen LogP contribution in [0.1, 0.15) is 15.9 Å². The summed E-state index contributed by atoms with van der Waals surface area (Å²) in [5.74, 6) is -2.09. The Balaban J connectivity index is 3.20. The van der Waals surface area contributed by atoms with Crippen LogP contribution in [0.4, 0.5) is 13.2 Å². The Morgan fingerprint density at radius 1 is 1.38 bits per heavy atom. The molecule has 0 aromatic heterocycles. The van der Waals surface area contributed by atoms with Gasteiger partial charge >= 0.3 is 12.1 Å². The second kappa shape index (κ2) is 6.75. The number of hydrogen-bond donors (Lipinski definition) is 1. The van der Waals surface area contributed by atoms with Gasteiger partial charge in [0.25, 0.3) is 5.91 Å². The van der Waals surface area contributed by atoms with E-state index < -0.39 is 30.2 Å². The van der Waals surface area contributed by atoms with Crippen molar-refractivity contribution in [3.05, 3.63) is 46.5 Å². The molecule has 0 radical (unpaired) electrons. The predicted molar refractivity (Wildman–Crippen MR) is 72.9 cm³/mol. The van der Waals surface area contributed by atoms with Crippen LogP contribution in [-0.2, 0) is 11.0 Å². The summed E-state index contributed by atoms with van der Waals surface area (Å²) in [5.41, 5.74) is -1.24.